The molecule has 1 saturated carbocycles. The molecule has 1 aromatic rings. The molecular formula is C18H31N5O2S. The minimum absolute atomic E-state index is 0.233. The highest BCUT2D eigenvalue weighted by atomic mass is 32.1. The molecule has 0 atom stereocenters. The van der Waals surface area contributed by atoms with Crippen molar-refractivity contribution in [3.63, 3.8) is 0 Å². The fourth-order valence-electron chi connectivity index (χ4n) is 2.48. The first kappa shape index (κ1) is 20.5. The third-order valence-electron chi connectivity index (χ3n) is 3.82. The summed E-state index contributed by atoms with van der Waals surface area (Å²) in [6.45, 7) is 9.69. The van der Waals surface area contributed by atoms with E-state index in [-0.39, 0.29) is 6.09 Å². The van der Waals surface area contributed by atoms with E-state index in [0.29, 0.717) is 19.1 Å². The molecule has 0 radical (unpaired) electrons. The predicted octanol–water partition coefficient (Wildman–Crippen LogP) is 2.56. The topological polar surface area (TPSA) is 78.9 Å². The van der Waals surface area contributed by atoms with Crippen LogP contribution in [-0.4, -0.2) is 60.3 Å². The van der Waals surface area contributed by atoms with Gasteiger partial charge in [0.2, 0.25) is 0 Å². The van der Waals surface area contributed by atoms with Gasteiger partial charge in [-0.05, 0) is 40.5 Å². The van der Waals surface area contributed by atoms with Gasteiger partial charge < -0.3 is 20.3 Å². The van der Waals surface area contributed by atoms with E-state index in [1.165, 1.54) is 0 Å². The molecule has 2 rings (SSSR count). The second-order valence-electron chi connectivity index (χ2n) is 7.44. The quantitative estimate of drug-likeness (QED) is 0.561. The molecule has 0 aromatic carbocycles. The van der Waals surface area contributed by atoms with Crippen LogP contribution in [0.1, 0.15) is 44.3 Å². The summed E-state index contributed by atoms with van der Waals surface area (Å²) < 4.78 is 5.51. The van der Waals surface area contributed by atoms with Crippen LogP contribution in [0.25, 0.3) is 0 Å². The zero-order valence-electron chi connectivity index (χ0n) is 16.5. The van der Waals surface area contributed by atoms with Crippen molar-refractivity contribution in [2.75, 3.05) is 26.7 Å². The highest BCUT2D eigenvalue weighted by Gasteiger charge is 2.34. The van der Waals surface area contributed by atoms with E-state index in [0.717, 1.165) is 42.5 Å². The number of aromatic nitrogens is 1. The number of nitrogens with one attached hydrogen (secondary N) is 2. The Hall–Kier alpha value is -1.83. The zero-order valence-corrected chi connectivity index (χ0v) is 17.3. The zero-order chi connectivity index (χ0) is 19.2. The molecule has 0 unspecified atom stereocenters. The Labute approximate surface area is 160 Å². The highest BCUT2D eigenvalue weighted by molar-refractivity contribution is 7.09. The summed E-state index contributed by atoms with van der Waals surface area (Å²) in [5.41, 5.74) is 0.629. The fraction of sp³-hybridized carbons (Fsp3) is 0.722. The highest BCUT2D eigenvalue weighted by Crippen LogP contribution is 2.27. The third-order valence-corrected chi connectivity index (χ3v) is 4.65. The average Bonchev–Trinajstić information content (AvgIpc) is 3.30. The van der Waals surface area contributed by atoms with E-state index in [4.69, 9.17) is 4.74 Å². The lowest BCUT2D eigenvalue weighted by atomic mass is 10.2. The maximum Gasteiger partial charge on any atom is 0.410 e. The Morgan fingerprint density at radius 2 is 2.08 bits per heavy atom. The fourth-order valence-corrected chi connectivity index (χ4v) is 3.12. The summed E-state index contributed by atoms with van der Waals surface area (Å²) in [6, 6.07) is 0.314. The molecule has 1 fully saturated rings. The van der Waals surface area contributed by atoms with Crippen molar-refractivity contribution in [1.29, 1.82) is 0 Å². The van der Waals surface area contributed by atoms with E-state index in [1.54, 1.807) is 18.4 Å². The molecule has 7 nitrogen and oxygen atoms in total. The van der Waals surface area contributed by atoms with Crippen LogP contribution in [-0.2, 0) is 11.2 Å². The number of hydrogen-bond acceptors (Lipinski definition) is 5. The van der Waals surface area contributed by atoms with Crippen molar-refractivity contribution in [3.8, 4) is 0 Å². The molecule has 26 heavy (non-hydrogen) atoms. The lowest BCUT2D eigenvalue weighted by molar-refractivity contribution is 0.0238. The maximum absolute atomic E-state index is 12.3. The van der Waals surface area contributed by atoms with Gasteiger partial charge in [0, 0.05) is 44.5 Å². The van der Waals surface area contributed by atoms with Gasteiger partial charge in [-0.1, -0.05) is 0 Å². The van der Waals surface area contributed by atoms with Crippen LogP contribution in [0, 0.1) is 6.92 Å². The molecule has 1 aliphatic rings. The number of nitrogens with zero attached hydrogens (tertiary/aromatic N) is 3. The Balaban J connectivity index is 1.71. The van der Waals surface area contributed by atoms with Gasteiger partial charge in [-0.2, -0.15) is 0 Å². The number of hydrogen-bond donors (Lipinski definition) is 2. The first-order chi connectivity index (χ1) is 12.3. The van der Waals surface area contributed by atoms with Crippen molar-refractivity contribution in [1.82, 2.24) is 20.5 Å². The van der Waals surface area contributed by atoms with Crippen LogP contribution in [0.15, 0.2) is 10.4 Å². The third kappa shape index (κ3) is 7.19. The number of carbonyl (C=O) groups is 1. The van der Waals surface area contributed by atoms with E-state index in [1.807, 2.05) is 32.6 Å². The predicted molar refractivity (Wildman–Crippen MR) is 106 cm³/mol. The average molecular weight is 382 g/mol. The molecular weight excluding hydrogens is 350 g/mol. The Kier molecular flexibility index (Phi) is 7.25. The monoisotopic (exact) mass is 381 g/mol. The van der Waals surface area contributed by atoms with E-state index < -0.39 is 5.60 Å². The van der Waals surface area contributed by atoms with E-state index in [9.17, 15) is 4.79 Å². The minimum Gasteiger partial charge on any atom is -0.444 e. The second kappa shape index (κ2) is 9.21. The molecule has 1 heterocycles. The molecule has 1 aromatic heterocycles. The summed E-state index contributed by atoms with van der Waals surface area (Å²) in [7, 11) is 1.74. The number of amides is 1. The molecule has 8 heteroatoms. The standard InChI is InChI=1S/C18H31N5O2S/c1-13-22-14(12-26-13)8-9-20-16(19-5)21-10-11-23(15-6-7-15)17(24)25-18(2,3)4/h12,15H,6-11H2,1-5H3,(H2,19,20,21). The molecule has 1 aliphatic carbocycles. The van der Waals surface area contributed by atoms with Crippen molar-refractivity contribution >= 4 is 23.4 Å². The van der Waals surface area contributed by atoms with Crippen LogP contribution in [0.2, 0.25) is 0 Å². The van der Waals surface area contributed by atoms with Crippen molar-refractivity contribution in [2.24, 2.45) is 4.99 Å². The van der Waals surface area contributed by atoms with Gasteiger partial charge in [-0.15, -0.1) is 11.3 Å². The van der Waals surface area contributed by atoms with Gasteiger partial charge in [0.25, 0.3) is 0 Å². The first-order valence-corrected chi connectivity index (χ1v) is 10.0. The van der Waals surface area contributed by atoms with Gasteiger partial charge in [0.05, 0.1) is 10.7 Å². The maximum atomic E-state index is 12.3. The van der Waals surface area contributed by atoms with Crippen LogP contribution in [0.5, 0.6) is 0 Å². The summed E-state index contributed by atoms with van der Waals surface area (Å²) >= 11 is 1.67. The largest absolute Gasteiger partial charge is 0.444 e. The summed E-state index contributed by atoms with van der Waals surface area (Å²) in [6.07, 6.45) is 2.74. The normalized spacial score (nSPS) is 14.9. The van der Waals surface area contributed by atoms with Gasteiger partial charge in [-0.3, -0.25) is 4.99 Å². The number of rotatable bonds is 7. The Morgan fingerprint density at radius 3 is 2.62 bits per heavy atom. The smallest absolute Gasteiger partial charge is 0.410 e. The molecule has 0 saturated heterocycles. The van der Waals surface area contributed by atoms with Gasteiger partial charge in [0.1, 0.15) is 5.60 Å². The van der Waals surface area contributed by atoms with Crippen LogP contribution >= 0.6 is 11.3 Å². The van der Waals surface area contributed by atoms with Crippen LogP contribution in [0.3, 0.4) is 0 Å². The number of ether oxygens (including phenoxy) is 1. The Morgan fingerprint density at radius 1 is 1.38 bits per heavy atom. The summed E-state index contributed by atoms with van der Waals surface area (Å²) in [4.78, 5) is 22.8. The van der Waals surface area contributed by atoms with Gasteiger partial charge in [-0.25, -0.2) is 9.78 Å². The summed E-state index contributed by atoms with van der Waals surface area (Å²) in [5, 5.41) is 9.72. The lowest BCUT2D eigenvalue weighted by Crippen LogP contribution is -2.45. The summed E-state index contributed by atoms with van der Waals surface area (Å²) in [5.74, 6) is 0.733. The molecule has 1 amide bonds. The molecule has 0 spiro atoms. The Bertz CT molecular complexity index is 619. The number of guanidine groups is 1. The number of aliphatic imine (C=N–C) groups is 1. The SMILES string of the molecule is CN=C(NCCc1csc(C)n1)NCCN(C(=O)OC(C)(C)C)C1CC1. The van der Waals surface area contributed by atoms with Crippen molar-refractivity contribution in [2.45, 2.75) is 58.6 Å². The number of carbonyl (C=O) groups excluding carboxylic acids is 1. The molecule has 0 bridgehead atoms. The first-order valence-electron chi connectivity index (χ1n) is 9.13. The number of aryl methyl sites for hydroxylation is 1. The van der Waals surface area contributed by atoms with Crippen molar-refractivity contribution < 1.29 is 9.53 Å². The van der Waals surface area contributed by atoms with Crippen LogP contribution < -0.4 is 10.6 Å². The lowest BCUT2D eigenvalue weighted by Gasteiger charge is -2.27. The van der Waals surface area contributed by atoms with Crippen LogP contribution in [0.4, 0.5) is 4.79 Å². The van der Waals surface area contributed by atoms with Gasteiger partial charge >= 0.3 is 6.09 Å². The van der Waals surface area contributed by atoms with Gasteiger partial charge in [0.15, 0.2) is 5.96 Å². The van der Waals surface area contributed by atoms with Crippen molar-refractivity contribution in [3.05, 3.63) is 16.1 Å². The molecule has 0 aliphatic heterocycles. The minimum atomic E-state index is -0.469. The van der Waals surface area contributed by atoms with E-state index in [2.05, 4.69) is 26.0 Å². The second-order valence-corrected chi connectivity index (χ2v) is 8.50. The van der Waals surface area contributed by atoms with E-state index >= 15 is 0 Å². The molecule has 146 valence electrons. The molecule has 2 N–H and O–H groups in total. The number of thiazole rings is 1.